The highest BCUT2D eigenvalue weighted by Crippen LogP contribution is 2.22. The molecule has 0 saturated carbocycles. The molecule has 2 aromatic rings. The van der Waals surface area contributed by atoms with Gasteiger partial charge >= 0.3 is 0 Å². The van der Waals surface area contributed by atoms with E-state index in [-0.39, 0.29) is 24.8 Å². The van der Waals surface area contributed by atoms with Gasteiger partial charge in [-0.15, -0.1) is 24.8 Å². The van der Waals surface area contributed by atoms with Gasteiger partial charge in [0.1, 0.15) is 11.6 Å². The van der Waals surface area contributed by atoms with Crippen LogP contribution in [-0.4, -0.2) is 11.2 Å². The highest BCUT2D eigenvalue weighted by atomic mass is 35.5. The van der Waals surface area contributed by atoms with Crippen LogP contribution in [0.25, 0.3) is 0 Å². The molecule has 2 rings (SSSR count). The fourth-order valence-electron chi connectivity index (χ4n) is 2.65. The molecular weight excluding hydrogens is 367 g/mol. The van der Waals surface area contributed by atoms with Gasteiger partial charge in [-0.05, 0) is 41.7 Å². The van der Waals surface area contributed by atoms with E-state index in [4.69, 9.17) is 0 Å². The Hall–Kier alpha value is -1.20. The first-order chi connectivity index (χ1) is 11.0. The molecule has 140 valence electrons. The highest BCUT2D eigenvalue weighted by molar-refractivity contribution is 5.85. The quantitative estimate of drug-likeness (QED) is 0.697. The van der Waals surface area contributed by atoms with Gasteiger partial charge in [-0.2, -0.15) is 0 Å². The largest absolute Gasteiger partial charge is 0.391 e. The summed E-state index contributed by atoms with van der Waals surface area (Å²) in [5, 5.41) is 13.4. The van der Waals surface area contributed by atoms with Crippen molar-refractivity contribution in [2.75, 3.05) is 0 Å². The van der Waals surface area contributed by atoms with E-state index in [0.29, 0.717) is 18.5 Å². The third-order valence-corrected chi connectivity index (χ3v) is 3.97. The molecule has 2 N–H and O–H groups in total. The van der Waals surface area contributed by atoms with Crippen molar-refractivity contribution in [1.82, 2.24) is 5.32 Å². The maximum absolute atomic E-state index is 13.5. The van der Waals surface area contributed by atoms with Crippen molar-refractivity contribution in [2.45, 2.75) is 45.4 Å². The van der Waals surface area contributed by atoms with Crippen LogP contribution in [0, 0.1) is 11.6 Å². The van der Waals surface area contributed by atoms with Crippen LogP contribution in [0.3, 0.4) is 0 Å². The Morgan fingerprint density at radius 3 is 2.12 bits per heavy atom. The van der Waals surface area contributed by atoms with Crippen LogP contribution in [0.2, 0.25) is 0 Å². The van der Waals surface area contributed by atoms with Crippen LogP contribution < -0.4 is 5.32 Å². The monoisotopic (exact) mass is 391 g/mol. The lowest BCUT2D eigenvalue weighted by Gasteiger charge is -2.24. The molecule has 0 radical (unpaired) electrons. The van der Waals surface area contributed by atoms with E-state index in [1.54, 1.807) is 0 Å². The van der Waals surface area contributed by atoms with Crippen molar-refractivity contribution in [2.24, 2.45) is 0 Å². The number of halogens is 4. The number of aliphatic hydroxyl groups excluding tert-OH is 1. The molecule has 0 heterocycles. The van der Waals surface area contributed by atoms with E-state index in [2.05, 4.69) is 24.4 Å². The first-order valence-corrected chi connectivity index (χ1v) is 7.98. The lowest BCUT2D eigenvalue weighted by Crippen LogP contribution is -2.31. The van der Waals surface area contributed by atoms with E-state index in [1.165, 1.54) is 17.7 Å². The van der Waals surface area contributed by atoms with Crippen LogP contribution in [0.1, 0.15) is 43.0 Å². The number of benzene rings is 2. The minimum Gasteiger partial charge on any atom is -0.391 e. The number of aliphatic hydroxyl groups is 1. The van der Waals surface area contributed by atoms with E-state index in [0.717, 1.165) is 18.1 Å². The minimum absolute atomic E-state index is 0. The average molecular weight is 392 g/mol. The second kappa shape index (κ2) is 11.4. The molecule has 2 aromatic carbocycles. The minimum atomic E-state index is -0.717. The maximum Gasteiger partial charge on any atom is 0.126 e. The number of hydrogen-bond donors (Lipinski definition) is 2. The second-order valence-corrected chi connectivity index (χ2v) is 5.71. The summed E-state index contributed by atoms with van der Waals surface area (Å²) in [5.41, 5.74) is 2.73. The summed E-state index contributed by atoms with van der Waals surface area (Å²) < 4.78 is 26.9. The van der Waals surface area contributed by atoms with Crippen LogP contribution in [-0.2, 0) is 13.0 Å². The van der Waals surface area contributed by atoms with E-state index >= 15 is 0 Å². The van der Waals surface area contributed by atoms with Gasteiger partial charge in [-0.1, -0.05) is 38.1 Å². The normalized spacial score (nSPS) is 12.7. The summed E-state index contributed by atoms with van der Waals surface area (Å²) in [6, 6.07) is 11.0. The molecule has 0 aliphatic heterocycles. The summed E-state index contributed by atoms with van der Waals surface area (Å²) in [6.07, 6.45) is 0.722. The SMILES string of the molecule is CCc1cccc(CNC(c2cc(F)cc(F)c2)C(O)CC)c1.Cl.Cl. The summed E-state index contributed by atoms with van der Waals surface area (Å²) in [7, 11) is 0. The molecule has 2 atom stereocenters. The van der Waals surface area contributed by atoms with Crippen LogP contribution in [0.4, 0.5) is 8.78 Å². The van der Waals surface area contributed by atoms with Gasteiger partial charge in [-0.3, -0.25) is 0 Å². The number of rotatable bonds is 7. The maximum atomic E-state index is 13.5. The standard InChI is InChI=1S/C19H23F2NO.2ClH/c1-3-13-6-5-7-14(8-13)12-22-19(18(23)4-2)15-9-16(20)11-17(21)10-15;;/h5-11,18-19,22-23H,3-4,12H2,1-2H3;2*1H. The number of nitrogens with one attached hydrogen (secondary N) is 1. The predicted octanol–water partition coefficient (Wildman–Crippen LogP) is 4.97. The zero-order chi connectivity index (χ0) is 16.8. The summed E-state index contributed by atoms with van der Waals surface area (Å²) >= 11 is 0. The molecular formula is C19H25Cl2F2NO. The summed E-state index contributed by atoms with van der Waals surface area (Å²) in [5.74, 6) is -1.27. The van der Waals surface area contributed by atoms with E-state index in [9.17, 15) is 13.9 Å². The van der Waals surface area contributed by atoms with Gasteiger partial charge in [0.25, 0.3) is 0 Å². The predicted molar refractivity (Wildman–Crippen MR) is 103 cm³/mol. The van der Waals surface area contributed by atoms with Crippen molar-refractivity contribution in [3.63, 3.8) is 0 Å². The number of hydrogen-bond acceptors (Lipinski definition) is 2. The molecule has 2 nitrogen and oxygen atoms in total. The molecule has 25 heavy (non-hydrogen) atoms. The molecule has 0 saturated heterocycles. The Bertz CT molecular complexity index is 635. The van der Waals surface area contributed by atoms with Crippen molar-refractivity contribution in [1.29, 1.82) is 0 Å². The lowest BCUT2D eigenvalue weighted by molar-refractivity contribution is 0.122. The van der Waals surface area contributed by atoms with Gasteiger partial charge in [0.15, 0.2) is 0 Å². The zero-order valence-corrected chi connectivity index (χ0v) is 16.0. The first kappa shape index (κ1) is 23.8. The van der Waals surface area contributed by atoms with Gasteiger partial charge in [0, 0.05) is 12.6 Å². The molecule has 0 bridgehead atoms. The molecule has 0 aromatic heterocycles. The smallest absolute Gasteiger partial charge is 0.126 e. The van der Waals surface area contributed by atoms with Crippen LogP contribution >= 0.6 is 24.8 Å². The molecule has 0 fully saturated rings. The first-order valence-electron chi connectivity index (χ1n) is 7.98. The Morgan fingerprint density at radius 1 is 0.960 bits per heavy atom. The molecule has 2 unspecified atom stereocenters. The van der Waals surface area contributed by atoms with Crippen LogP contribution in [0.15, 0.2) is 42.5 Å². The number of aryl methyl sites for hydroxylation is 1. The van der Waals surface area contributed by atoms with E-state index in [1.807, 2.05) is 19.1 Å². The van der Waals surface area contributed by atoms with Crippen molar-refractivity contribution in [3.8, 4) is 0 Å². The second-order valence-electron chi connectivity index (χ2n) is 5.71. The molecule has 0 aliphatic rings. The van der Waals surface area contributed by atoms with Gasteiger partial charge in [0.2, 0.25) is 0 Å². The molecule has 0 spiro atoms. The summed E-state index contributed by atoms with van der Waals surface area (Å²) in [6.45, 7) is 4.45. The van der Waals surface area contributed by atoms with Gasteiger partial charge < -0.3 is 10.4 Å². The highest BCUT2D eigenvalue weighted by Gasteiger charge is 2.20. The lowest BCUT2D eigenvalue weighted by atomic mass is 9.98. The van der Waals surface area contributed by atoms with E-state index < -0.39 is 23.8 Å². The third-order valence-electron chi connectivity index (χ3n) is 3.97. The van der Waals surface area contributed by atoms with Crippen molar-refractivity contribution >= 4 is 24.8 Å². The molecule has 6 heteroatoms. The Labute approximate surface area is 160 Å². The van der Waals surface area contributed by atoms with Crippen molar-refractivity contribution in [3.05, 3.63) is 70.8 Å². The zero-order valence-electron chi connectivity index (χ0n) is 14.3. The molecule has 0 aliphatic carbocycles. The Morgan fingerprint density at radius 2 is 1.56 bits per heavy atom. The third kappa shape index (κ3) is 6.90. The topological polar surface area (TPSA) is 32.3 Å². The Kier molecular flexibility index (Phi) is 10.9. The summed E-state index contributed by atoms with van der Waals surface area (Å²) in [4.78, 5) is 0. The Balaban J connectivity index is 0.00000288. The van der Waals surface area contributed by atoms with Crippen LogP contribution in [0.5, 0.6) is 0 Å². The van der Waals surface area contributed by atoms with Gasteiger partial charge in [-0.25, -0.2) is 8.78 Å². The van der Waals surface area contributed by atoms with Gasteiger partial charge in [0.05, 0.1) is 12.1 Å². The average Bonchev–Trinajstić information content (AvgIpc) is 2.54. The fraction of sp³-hybridized carbons (Fsp3) is 0.368. The fourth-order valence-corrected chi connectivity index (χ4v) is 2.65. The molecule has 0 amide bonds. The van der Waals surface area contributed by atoms with Crippen molar-refractivity contribution < 1.29 is 13.9 Å².